The summed E-state index contributed by atoms with van der Waals surface area (Å²) >= 11 is 2.86. The van der Waals surface area contributed by atoms with Gasteiger partial charge < -0.3 is 14.2 Å². The number of amides is 1. The maximum Gasteiger partial charge on any atom is 0.418 e. The van der Waals surface area contributed by atoms with Crippen molar-refractivity contribution in [3.8, 4) is 11.5 Å². The predicted molar refractivity (Wildman–Crippen MR) is 109 cm³/mol. The molecule has 12 heteroatoms. The maximum atomic E-state index is 13.8. The number of benzene rings is 2. The van der Waals surface area contributed by atoms with Crippen molar-refractivity contribution in [3.05, 3.63) is 56.0 Å². The van der Waals surface area contributed by atoms with E-state index in [9.17, 15) is 28.1 Å². The summed E-state index contributed by atoms with van der Waals surface area (Å²) < 4.78 is 56.5. The zero-order valence-electron chi connectivity index (χ0n) is 16.7. The van der Waals surface area contributed by atoms with E-state index in [-0.39, 0.29) is 22.4 Å². The molecule has 2 aromatic carbocycles. The van der Waals surface area contributed by atoms with Crippen LogP contribution in [0.1, 0.15) is 18.1 Å². The molecule has 0 atom stereocenters. The molecule has 0 N–H and O–H groups in total. The molecule has 2 rings (SSSR count). The van der Waals surface area contributed by atoms with E-state index < -0.39 is 40.7 Å². The van der Waals surface area contributed by atoms with Crippen molar-refractivity contribution >= 4 is 33.4 Å². The first-order chi connectivity index (χ1) is 14.5. The van der Waals surface area contributed by atoms with E-state index in [0.29, 0.717) is 16.7 Å². The van der Waals surface area contributed by atoms with Crippen molar-refractivity contribution in [2.45, 2.75) is 19.6 Å². The number of ether oxygens (including phenoxy) is 3. The lowest BCUT2D eigenvalue weighted by molar-refractivity contribution is -0.384. The number of hydrogen-bond acceptors (Lipinski definition) is 6. The second-order valence-electron chi connectivity index (χ2n) is 6.04. The molecule has 0 bridgehead atoms. The van der Waals surface area contributed by atoms with Crippen LogP contribution >= 0.6 is 15.9 Å². The number of anilines is 1. The van der Waals surface area contributed by atoms with E-state index in [1.807, 2.05) is 0 Å². The van der Waals surface area contributed by atoms with Crippen LogP contribution in [-0.2, 0) is 17.5 Å². The van der Waals surface area contributed by atoms with Gasteiger partial charge in [0.2, 0.25) is 0 Å². The highest BCUT2D eigenvalue weighted by Gasteiger charge is 2.41. The standard InChI is InChI=1S/C19H18BrF3N2O6/c1-4-31-18(26)24(10-11-5-6-13(29-2)9-16(11)30-3)17-14(19(21,22)23)7-12(20)8-15(17)25(27)28/h5-9H,4,10H2,1-3H3. The van der Waals surface area contributed by atoms with Crippen molar-refractivity contribution in [1.29, 1.82) is 0 Å². The van der Waals surface area contributed by atoms with Gasteiger partial charge in [-0.2, -0.15) is 13.2 Å². The quantitative estimate of drug-likeness (QED) is 0.360. The molecule has 31 heavy (non-hydrogen) atoms. The molecule has 168 valence electrons. The second-order valence-corrected chi connectivity index (χ2v) is 6.95. The monoisotopic (exact) mass is 506 g/mol. The lowest BCUT2D eigenvalue weighted by Crippen LogP contribution is -2.33. The molecule has 0 spiro atoms. The highest BCUT2D eigenvalue weighted by molar-refractivity contribution is 9.10. The van der Waals surface area contributed by atoms with Gasteiger partial charge in [0.15, 0.2) is 0 Å². The highest BCUT2D eigenvalue weighted by Crippen LogP contribution is 2.45. The van der Waals surface area contributed by atoms with E-state index in [1.165, 1.54) is 39.3 Å². The maximum absolute atomic E-state index is 13.8. The molecule has 0 aliphatic heterocycles. The molecular formula is C19H18BrF3N2O6. The summed E-state index contributed by atoms with van der Waals surface area (Å²) in [6, 6.07) is 6.02. The van der Waals surface area contributed by atoms with Crippen LogP contribution in [0.4, 0.5) is 29.3 Å². The minimum absolute atomic E-state index is 0.152. The Morgan fingerprint density at radius 1 is 1.19 bits per heavy atom. The molecule has 1 amide bonds. The third-order valence-electron chi connectivity index (χ3n) is 4.14. The Bertz CT molecular complexity index is 984. The fourth-order valence-electron chi connectivity index (χ4n) is 2.81. The van der Waals surface area contributed by atoms with Gasteiger partial charge in [0.05, 0.1) is 37.9 Å². The smallest absolute Gasteiger partial charge is 0.418 e. The Morgan fingerprint density at radius 2 is 1.87 bits per heavy atom. The van der Waals surface area contributed by atoms with Crippen LogP contribution in [-0.4, -0.2) is 31.8 Å². The zero-order valence-corrected chi connectivity index (χ0v) is 18.2. The van der Waals surface area contributed by atoms with E-state index in [0.717, 1.165) is 6.07 Å². The second kappa shape index (κ2) is 9.86. The van der Waals surface area contributed by atoms with Gasteiger partial charge in [0, 0.05) is 22.2 Å². The fourth-order valence-corrected chi connectivity index (χ4v) is 3.26. The lowest BCUT2D eigenvalue weighted by atomic mass is 10.1. The van der Waals surface area contributed by atoms with Crippen LogP contribution in [0.15, 0.2) is 34.8 Å². The number of nitro benzene ring substituents is 1. The van der Waals surface area contributed by atoms with Gasteiger partial charge in [-0.1, -0.05) is 15.9 Å². The van der Waals surface area contributed by atoms with E-state index in [2.05, 4.69) is 15.9 Å². The number of carbonyl (C=O) groups excluding carboxylic acids is 1. The van der Waals surface area contributed by atoms with Gasteiger partial charge in [0.25, 0.3) is 5.69 Å². The molecule has 0 aromatic heterocycles. The minimum Gasteiger partial charge on any atom is -0.497 e. The molecule has 0 saturated heterocycles. The molecule has 0 saturated carbocycles. The summed E-state index contributed by atoms with van der Waals surface area (Å²) in [7, 11) is 2.75. The van der Waals surface area contributed by atoms with Crippen LogP contribution in [0.5, 0.6) is 11.5 Å². The number of halogens is 4. The largest absolute Gasteiger partial charge is 0.497 e. The van der Waals surface area contributed by atoms with Crippen molar-refractivity contribution in [3.63, 3.8) is 0 Å². The molecule has 2 aromatic rings. The molecule has 8 nitrogen and oxygen atoms in total. The first-order valence-corrected chi connectivity index (χ1v) is 9.53. The average Bonchev–Trinajstić information content (AvgIpc) is 2.71. The van der Waals surface area contributed by atoms with E-state index in [1.54, 1.807) is 0 Å². The van der Waals surface area contributed by atoms with Crippen molar-refractivity contribution in [2.75, 3.05) is 25.7 Å². The average molecular weight is 507 g/mol. The Kier molecular flexibility index (Phi) is 7.71. The predicted octanol–water partition coefficient (Wildman–Crippen LogP) is 5.56. The first kappa shape index (κ1) is 24.3. The number of nitrogens with zero attached hydrogens (tertiary/aromatic N) is 2. The molecule has 0 heterocycles. The third-order valence-corrected chi connectivity index (χ3v) is 4.60. The van der Waals surface area contributed by atoms with Crippen LogP contribution in [0.2, 0.25) is 0 Å². The Hall–Kier alpha value is -3.02. The van der Waals surface area contributed by atoms with Gasteiger partial charge in [-0.05, 0) is 25.1 Å². The van der Waals surface area contributed by atoms with Gasteiger partial charge >= 0.3 is 12.3 Å². The van der Waals surface area contributed by atoms with Crippen LogP contribution < -0.4 is 14.4 Å². The van der Waals surface area contributed by atoms with E-state index >= 15 is 0 Å². The topological polar surface area (TPSA) is 91.1 Å². The Balaban J connectivity index is 2.76. The zero-order chi connectivity index (χ0) is 23.3. The third kappa shape index (κ3) is 5.57. The van der Waals surface area contributed by atoms with Gasteiger partial charge in [0.1, 0.15) is 17.2 Å². The number of hydrogen-bond donors (Lipinski definition) is 0. The summed E-state index contributed by atoms with van der Waals surface area (Å²) in [6.07, 6.45) is -6.17. The summed E-state index contributed by atoms with van der Waals surface area (Å²) in [5.41, 5.74) is -2.94. The fraction of sp³-hybridized carbons (Fsp3) is 0.316. The molecular weight excluding hydrogens is 489 g/mol. The molecule has 0 aliphatic carbocycles. The number of nitro groups is 1. The minimum atomic E-state index is -4.99. The van der Waals surface area contributed by atoms with Crippen molar-refractivity contribution < 1.29 is 37.1 Å². The molecule has 0 aliphatic rings. The first-order valence-electron chi connectivity index (χ1n) is 8.73. The van der Waals surface area contributed by atoms with Crippen molar-refractivity contribution in [1.82, 2.24) is 0 Å². The summed E-state index contributed by atoms with van der Waals surface area (Å²) in [6.45, 7) is 0.822. The van der Waals surface area contributed by atoms with Crippen LogP contribution in [0.25, 0.3) is 0 Å². The van der Waals surface area contributed by atoms with Gasteiger partial charge in [-0.25, -0.2) is 4.79 Å². The van der Waals surface area contributed by atoms with Crippen molar-refractivity contribution in [2.24, 2.45) is 0 Å². The number of alkyl halides is 3. The SMILES string of the molecule is CCOC(=O)N(Cc1ccc(OC)cc1OC)c1c([N+](=O)[O-])cc(Br)cc1C(F)(F)F. The van der Waals surface area contributed by atoms with Crippen LogP contribution in [0, 0.1) is 10.1 Å². The van der Waals surface area contributed by atoms with Gasteiger partial charge in [-0.3, -0.25) is 15.0 Å². The summed E-state index contributed by atoms with van der Waals surface area (Å²) in [5.74, 6) is 0.621. The van der Waals surface area contributed by atoms with Gasteiger partial charge in [-0.15, -0.1) is 0 Å². The van der Waals surface area contributed by atoms with Crippen LogP contribution in [0.3, 0.4) is 0 Å². The summed E-state index contributed by atoms with van der Waals surface area (Å²) in [5, 5.41) is 11.6. The number of methoxy groups -OCH3 is 2. The molecule has 0 fully saturated rings. The normalized spacial score (nSPS) is 11.1. The Morgan fingerprint density at radius 3 is 2.39 bits per heavy atom. The van der Waals surface area contributed by atoms with E-state index in [4.69, 9.17) is 14.2 Å². The lowest BCUT2D eigenvalue weighted by Gasteiger charge is -2.26. The number of rotatable bonds is 7. The summed E-state index contributed by atoms with van der Waals surface area (Å²) in [4.78, 5) is 23.8. The molecule has 0 radical (unpaired) electrons. The number of carbonyl (C=O) groups is 1. The Labute approximate surface area is 183 Å². The highest BCUT2D eigenvalue weighted by atomic mass is 79.9. The molecule has 0 unspecified atom stereocenters.